The maximum Gasteiger partial charge on any atom is 0.258 e. The molecule has 4 nitrogen and oxygen atoms in total. The van der Waals surface area contributed by atoms with Crippen molar-refractivity contribution in [3.8, 4) is 0 Å². The van der Waals surface area contributed by atoms with E-state index in [0.717, 1.165) is 28.7 Å². The van der Waals surface area contributed by atoms with Crippen molar-refractivity contribution < 1.29 is 4.79 Å². The molecule has 1 fully saturated rings. The summed E-state index contributed by atoms with van der Waals surface area (Å²) in [4.78, 5) is 15.2. The normalized spacial score (nSPS) is 20.5. The van der Waals surface area contributed by atoms with Gasteiger partial charge in [-0.3, -0.25) is 4.79 Å². The number of aryl methyl sites for hydroxylation is 1. The molecule has 1 amide bonds. The second-order valence-electron chi connectivity index (χ2n) is 7.37. The standard InChI is InChI=1S/C14H11NO.C8H12N2S/c16-14-13-9-5-4-6-11(13)10-15(14)12-7-2-1-3-8-12;1-5-3-7(4-5)8-6(2)11-10-9-8/h1-9H,10H2;5,7H,3-4H2,1-2H3. The maximum atomic E-state index is 12.1. The number of carbonyl (C=O) groups is 1. The smallest absolute Gasteiger partial charge is 0.258 e. The first-order valence-corrected chi connectivity index (χ1v) is 10.1. The van der Waals surface area contributed by atoms with Gasteiger partial charge in [0, 0.05) is 22.0 Å². The first-order valence-electron chi connectivity index (χ1n) is 9.37. The van der Waals surface area contributed by atoms with E-state index < -0.39 is 0 Å². The summed E-state index contributed by atoms with van der Waals surface area (Å²) in [5.74, 6) is 1.73. The lowest BCUT2D eigenvalue weighted by Crippen LogP contribution is -2.22. The predicted molar refractivity (Wildman–Crippen MR) is 109 cm³/mol. The number of nitrogens with zero attached hydrogens (tertiary/aromatic N) is 3. The minimum Gasteiger partial charge on any atom is -0.304 e. The van der Waals surface area contributed by atoms with Crippen molar-refractivity contribution in [2.75, 3.05) is 4.90 Å². The van der Waals surface area contributed by atoms with Crippen LogP contribution in [0.4, 0.5) is 5.69 Å². The monoisotopic (exact) mass is 377 g/mol. The van der Waals surface area contributed by atoms with Crippen molar-refractivity contribution in [2.24, 2.45) is 5.92 Å². The number of amides is 1. The molecule has 0 radical (unpaired) electrons. The Labute approximate surface area is 164 Å². The summed E-state index contributed by atoms with van der Waals surface area (Å²) < 4.78 is 3.94. The molecular formula is C22H23N3OS. The summed E-state index contributed by atoms with van der Waals surface area (Å²) in [6.45, 7) is 5.09. The second-order valence-corrected chi connectivity index (χ2v) is 8.33. The maximum absolute atomic E-state index is 12.1. The minimum atomic E-state index is 0.0989. The third-order valence-electron chi connectivity index (χ3n) is 5.34. The van der Waals surface area contributed by atoms with Gasteiger partial charge in [0.2, 0.25) is 0 Å². The van der Waals surface area contributed by atoms with Crippen LogP contribution in [0.5, 0.6) is 0 Å². The zero-order valence-electron chi connectivity index (χ0n) is 15.6. The van der Waals surface area contributed by atoms with Gasteiger partial charge in [-0.15, -0.1) is 5.10 Å². The number of hydrogen-bond acceptors (Lipinski definition) is 4. The lowest BCUT2D eigenvalue weighted by Gasteiger charge is -2.31. The highest BCUT2D eigenvalue weighted by atomic mass is 32.1. The van der Waals surface area contributed by atoms with Crippen LogP contribution >= 0.6 is 11.5 Å². The Morgan fingerprint density at radius 3 is 2.37 bits per heavy atom. The number of carbonyl (C=O) groups excluding carboxylic acids is 1. The molecule has 1 aliphatic heterocycles. The Balaban J connectivity index is 0.000000143. The summed E-state index contributed by atoms with van der Waals surface area (Å²) in [6.07, 6.45) is 2.62. The topological polar surface area (TPSA) is 46.1 Å². The molecule has 2 aromatic carbocycles. The molecule has 2 aliphatic rings. The van der Waals surface area contributed by atoms with Crippen LogP contribution in [0.2, 0.25) is 0 Å². The van der Waals surface area contributed by atoms with Gasteiger partial charge in [-0.2, -0.15) is 0 Å². The van der Waals surface area contributed by atoms with E-state index in [2.05, 4.69) is 23.4 Å². The van der Waals surface area contributed by atoms with Gasteiger partial charge in [0.1, 0.15) is 0 Å². The Hall–Kier alpha value is -2.53. The zero-order valence-corrected chi connectivity index (χ0v) is 16.4. The van der Waals surface area contributed by atoms with Gasteiger partial charge >= 0.3 is 0 Å². The van der Waals surface area contributed by atoms with Crippen molar-refractivity contribution >= 4 is 23.1 Å². The van der Waals surface area contributed by atoms with E-state index >= 15 is 0 Å². The molecular weight excluding hydrogens is 354 g/mol. The van der Waals surface area contributed by atoms with E-state index in [0.29, 0.717) is 6.54 Å². The van der Waals surface area contributed by atoms with Gasteiger partial charge < -0.3 is 4.90 Å². The fourth-order valence-corrected chi connectivity index (χ4v) is 4.36. The molecule has 1 aliphatic carbocycles. The highest BCUT2D eigenvalue weighted by Gasteiger charge is 2.30. The van der Waals surface area contributed by atoms with Crippen LogP contribution in [0.1, 0.15) is 52.2 Å². The summed E-state index contributed by atoms with van der Waals surface area (Å²) in [6, 6.07) is 17.6. The Kier molecular flexibility index (Phi) is 5.03. The van der Waals surface area contributed by atoms with Crippen molar-refractivity contribution in [3.05, 3.63) is 76.3 Å². The molecule has 2 heterocycles. The molecule has 0 N–H and O–H groups in total. The van der Waals surface area contributed by atoms with Crippen molar-refractivity contribution in [3.63, 3.8) is 0 Å². The van der Waals surface area contributed by atoms with Crippen LogP contribution in [0, 0.1) is 12.8 Å². The van der Waals surface area contributed by atoms with Crippen LogP contribution in [0.3, 0.4) is 0 Å². The molecule has 0 atom stereocenters. The van der Waals surface area contributed by atoms with Gasteiger partial charge in [-0.05, 0) is 61.0 Å². The van der Waals surface area contributed by atoms with Crippen LogP contribution < -0.4 is 4.90 Å². The Morgan fingerprint density at radius 2 is 1.74 bits per heavy atom. The molecule has 3 aromatic rings. The molecule has 0 saturated heterocycles. The third-order valence-corrected chi connectivity index (χ3v) is 5.98. The SMILES string of the molecule is Cc1snnc1C1CC(C)C1.O=C1c2ccccc2CN1c1ccccc1. The number of anilines is 1. The molecule has 27 heavy (non-hydrogen) atoms. The van der Waals surface area contributed by atoms with E-state index in [-0.39, 0.29) is 5.91 Å². The number of hydrogen-bond donors (Lipinski definition) is 0. The highest BCUT2D eigenvalue weighted by molar-refractivity contribution is 7.05. The molecule has 0 spiro atoms. The van der Waals surface area contributed by atoms with Gasteiger partial charge in [-0.25, -0.2) is 0 Å². The molecule has 1 saturated carbocycles. The number of para-hydroxylation sites is 1. The van der Waals surface area contributed by atoms with Crippen LogP contribution in [-0.2, 0) is 6.54 Å². The van der Waals surface area contributed by atoms with Gasteiger partial charge in [0.25, 0.3) is 5.91 Å². The summed E-state index contributed by atoms with van der Waals surface area (Å²) >= 11 is 1.52. The number of rotatable bonds is 2. The Bertz CT molecular complexity index is 931. The highest BCUT2D eigenvalue weighted by Crippen LogP contribution is 2.41. The first-order chi connectivity index (χ1) is 13.1. The van der Waals surface area contributed by atoms with Crippen molar-refractivity contribution in [1.29, 1.82) is 0 Å². The third kappa shape index (κ3) is 3.65. The first kappa shape index (κ1) is 17.9. The van der Waals surface area contributed by atoms with E-state index in [1.165, 1.54) is 34.9 Å². The predicted octanol–water partition coefficient (Wildman–Crippen LogP) is 5.21. The van der Waals surface area contributed by atoms with Gasteiger partial charge in [0.15, 0.2) is 0 Å². The molecule has 5 heteroatoms. The number of benzene rings is 2. The molecule has 0 unspecified atom stereocenters. The van der Waals surface area contributed by atoms with Crippen LogP contribution in [0.25, 0.3) is 0 Å². The molecule has 0 bridgehead atoms. The lowest BCUT2D eigenvalue weighted by molar-refractivity contribution is 0.0996. The van der Waals surface area contributed by atoms with E-state index in [1.54, 1.807) is 0 Å². The molecule has 5 rings (SSSR count). The Morgan fingerprint density at radius 1 is 1.04 bits per heavy atom. The van der Waals surface area contributed by atoms with E-state index in [4.69, 9.17) is 0 Å². The fraction of sp³-hybridized carbons (Fsp3) is 0.318. The lowest BCUT2D eigenvalue weighted by atomic mass is 9.74. The van der Waals surface area contributed by atoms with Gasteiger partial charge in [-0.1, -0.05) is 47.8 Å². The zero-order chi connectivity index (χ0) is 18.8. The summed E-state index contributed by atoms with van der Waals surface area (Å²) in [5, 5.41) is 4.14. The van der Waals surface area contributed by atoms with Crippen molar-refractivity contribution in [2.45, 2.75) is 39.2 Å². The molecule has 1 aromatic heterocycles. The quantitative estimate of drug-likeness (QED) is 0.616. The minimum absolute atomic E-state index is 0.0989. The molecule has 138 valence electrons. The van der Waals surface area contributed by atoms with E-state index in [1.807, 2.05) is 59.5 Å². The largest absolute Gasteiger partial charge is 0.304 e. The van der Waals surface area contributed by atoms with Crippen molar-refractivity contribution in [1.82, 2.24) is 9.59 Å². The number of aromatic nitrogens is 2. The van der Waals surface area contributed by atoms with Gasteiger partial charge in [0.05, 0.1) is 12.2 Å². The summed E-state index contributed by atoms with van der Waals surface area (Å²) in [5.41, 5.74) is 4.15. The summed E-state index contributed by atoms with van der Waals surface area (Å²) in [7, 11) is 0. The fourth-order valence-electron chi connectivity index (χ4n) is 3.81. The van der Waals surface area contributed by atoms with E-state index in [9.17, 15) is 4.79 Å². The van der Waals surface area contributed by atoms with Crippen LogP contribution in [-0.4, -0.2) is 15.5 Å². The average molecular weight is 378 g/mol. The van der Waals surface area contributed by atoms with Crippen LogP contribution in [0.15, 0.2) is 54.6 Å². The number of fused-ring (bicyclic) bond motifs is 1. The average Bonchev–Trinajstić information content (AvgIpc) is 3.24. The second kappa shape index (κ2) is 7.61.